The van der Waals surface area contributed by atoms with Gasteiger partial charge in [-0.1, -0.05) is 0 Å². The first-order chi connectivity index (χ1) is 13.2. The Hall–Kier alpha value is -2.36. The Morgan fingerprint density at radius 1 is 1.43 bits per heavy atom. The molecular formula is C18H33N7O3. The van der Waals surface area contributed by atoms with Crippen LogP contribution in [-0.4, -0.2) is 77.7 Å². The Bertz CT molecular complexity index is 681. The van der Waals surface area contributed by atoms with Gasteiger partial charge in [0.15, 0.2) is 11.8 Å². The lowest BCUT2D eigenvalue weighted by atomic mass is 10.1. The van der Waals surface area contributed by atoms with E-state index in [4.69, 9.17) is 9.47 Å². The molecule has 0 spiro atoms. The zero-order chi connectivity index (χ0) is 20.7. The standard InChI is InChI=1S/C18H33N7O3/c1-18(2,3)28-17(26)24(5)10-9-20-16(19-4)21-13-7-8-15-22-14(12-27-6)23-25(15)11-13/h13H,7-12H2,1-6H3,(H2,19,20,21). The zero-order valence-electron chi connectivity index (χ0n) is 17.8. The summed E-state index contributed by atoms with van der Waals surface area (Å²) in [5, 5.41) is 11.1. The van der Waals surface area contributed by atoms with Crippen LogP contribution in [0.3, 0.4) is 0 Å². The Morgan fingerprint density at radius 3 is 2.82 bits per heavy atom. The second kappa shape index (κ2) is 9.72. The summed E-state index contributed by atoms with van der Waals surface area (Å²) < 4.78 is 12.4. The third-order valence-electron chi connectivity index (χ3n) is 4.18. The number of methoxy groups -OCH3 is 1. The monoisotopic (exact) mass is 395 g/mol. The molecule has 1 atom stereocenters. The molecule has 0 bridgehead atoms. The number of amides is 1. The molecule has 0 fully saturated rings. The molecule has 2 N–H and O–H groups in total. The van der Waals surface area contributed by atoms with Crippen LogP contribution in [0.2, 0.25) is 0 Å². The minimum Gasteiger partial charge on any atom is -0.444 e. The van der Waals surface area contributed by atoms with Gasteiger partial charge in [0, 0.05) is 46.8 Å². The maximum absolute atomic E-state index is 12.0. The van der Waals surface area contributed by atoms with E-state index in [0.717, 1.165) is 25.2 Å². The molecule has 1 unspecified atom stereocenters. The van der Waals surface area contributed by atoms with E-state index < -0.39 is 5.60 Å². The van der Waals surface area contributed by atoms with Gasteiger partial charge in [0.05, 0.1) is 6.54 Å². The number of carbonyl (C=O) groups is 1. The molecule has 28 heavy (non-hydrogen) atoms. The highest BCUT2D eigenvalue weighted by Crippen LogP contribution is 2.13. The van der Waals surface area contributed by atoms with Gasteiger partial charge >= 0.3 is 6.09 Å². The normalized spacial score (nSPS) is 17.1. The van der Waals surface area contributed by atoms with E-state index in [2.05, 4.69) is 25.7 Å². The number of aliphatic imine (C=N–C) groups is 1. The number of guanidine groups is 1. The van der Waals surface area contributed by atoms with E-state index in [1.54, 1.807) is 26.1 Å². The zero-order valence-corrected chi connectivity index (χ0v) is 17.8. The van der Waals surface area contributed by atoms with E-state index >= 15 is 0 Å². The number of ether oxygens (including phenoxy) is 2. The van der Waals surface area contributed by atoms with E-state index in [1.807, 2.05) is 25.5 Å². The summed E-state index contributed by atoms with van der Waals surface area (Å²) in [5.74, 6) is 2.40. The average Bonchev–Trinajstić information content (AvgIpc) is 3.01. The van der Waals surface area contributed by atoms with Crippen molar-refractivity contribution in [2.24, 2.45) is 4.99 Å². The van der Waals surface area contributed by atoms with Crippen molar-refractivity contribution in [2.45, 2.75) is 58.4 Å². The SMILES string of the molecule is CN=C(NCCN(C)C(=O)OC(C)(C)C)NC1CCc2nc(COC)nn2C1. The first kappa shape index (κ1) is 21.9. The van der Waals surface area contributed by atoms with Gasteiger partial charge in [-0.3, -0.25) is 4.99 Å². The first-order valence-corrected chi connectivity index (χ1v) is 9.54. The number of rotatable bonds is 6. The summed E-state index contributed by atoms with van der Waals surface area (Å²) in [6.07, 6.45) is 1.46. The maximum Gasteiger partial charge on any atom is 0.410 e. The van der Waals surface area contributed by atoms with Crippen LogP contribution in [0.5, 0.6) is 0 Å². The molecule has 0 aliphatic carbocycles. The third-order valence-corrected chi connectivity index (χ3v) is 4.18. The molecule has 0 aromatic carbocycles. The molecule has 0 radical (unpaired) electrons. The highest BCUT2D eigenvalue weighted by atomic mass is 16.6. The van der Waals surface area contributed by atoms with Crippen molar-refractivity contribution in [3.8, 4) is 0 Å². The fraction of sp³-hybridized carbons (Fsp3) is 0.778. The lowest BCUT2D eigenvalue weighted by Gasteiger charge is -2.26. The molecule has 1 amide bonds. The van der Waals surface area contributed by atoms with Crippen LogP contribution in [0, 0.1) is 0 Å². The molecule has 2 heterocycles. The van der Waals surface area contributed by atoms with Crippen molar-refractivity contribution in [1.82, 2.24) is 30.3 Å². The van der Waals surface area contributed by atoms with Crippen LogP contribution in [0.15, 0.2) is 4.99 Å². The van der Waals surface area contributed by atoms with Crippen molar-refractivity contribution >= 4 is 12.1 Å². The van der Waals surface area contributed by atoms with Gasteiger partial charge in [-0.05, 0) is 27.2 Å². The summed E-state index contributed by atoms with van der Waals surface area (Å²) in [4.78, 5) is 22.3. The Labute approximate surface area is 166 Å². The fourth-order valence-electron chi connectivity index (χ4n) is 2.83. The van der Waals surface area contributed by atoms with E-state index in [9.17, 15) is 4.79 Å². The number of carbonyl (C=O) groups excluding carboxylic acids is 1. The highest BCUT2D eigenvalue weighted by molar-refractivity contribution is 5.80. The Balaban J connectivity index is 1.77. The second-order valence-corrected chi connectivity index (χ2v) is 7.84. The summed E-state index contributed by atoms with van der Waals surface area (Å²) in [7, 11) is 5.09. The predicted octanol–water partition coefficient (Wildman–Crippen LogP) is 0.771. The van der Waals surface area contributed by atoms with Gasteiger partial charge < -0.3 is 25.0 Å². The lowest BCUT2D eigenvalue weighted by molar-refractivity contribution is 0.0302. The molecule has 2 rings (SSSR count). The molecule has 10 nitrogen and oxygen atoms in total. The number of nitrogens with one attached hydrogen (secondary N) is 2. The predicted molar refractivity (Wildman–Crippen MR) is 106 cm³/mol. The number of nitrogens with zero attached hydrogens (tertiary/aromatic N) is 5. The highest BCUT2D eigenvalue weighted by Gasteiger charge is 2.23. The van der Waals surface area contributed by atoms with Crippen LogP contribution >= 0.6 is 0 Å². The van der Waals surface area contributed by atoms with Crippen molar-refractivity contribution in [1.29, 1.82) is 0 Å². The Kier molecular flexibility index (Phi) is 7.61. The number of likely N-dealkylation sites (N-methyl/N-ethyl adjacent to an activating group) is 1. The third kappa shape index (κ3) is 6.66. The minimum absolute atomic E-state index is 0.208. The van der Waals surface area contributed by atoms with Gasteiger partial charge in [0.2, 0.25) is 0 Å². The number of aryl methyl sites for hydroxylation is 1. The van der Waals surface area contributed by atoms with E-state index in [1.165, 1.54) is 0 Å². The molecule has 0 saturated heterocycles. The molecule has 1 aliphatic rings. The van der Waals surface area contributed by atoms with E-state index in [-0.39, 0.29) is 12.1 Å². The van der Waals surface area contributed by atoms with Gasteiger partial charge in [0.25, 0.3) is 0 Å². The van der Waals surface area contributed by atoms with Crippen LogP contribution in [0.4, 0.5) is 4.79 Å². The molecular weight excluding hydrogens is 362 g/mol. The Morgan fingerprint density at radius 2 is 2.18 bits per heavy atom. The molecule has 10 heteroatoms. The molecule has 1 aliphatic heterocycles. The molecule has 1 aromatic heterocycles. The number of fused-ring (bicyclic) bond motifs is 1. The van der Waals surface area contributed by atoms with Crippen molar-refractivity contribution in [3.05, 3.63) is 11.6 Å². The first-order valence-electron chi connectivity index (χ1n) is 9.54. The van der Waals surface area contributed by atoms with Crippen LogP contribution in [-0.2, 0) is 29.0 Å². The summed E-state index contributed by atoms with van der Waals surface area (Å²) in [6, 6.07) is 0.208. The topological polar surface area (TPSA) is 106 Å². The van der Waals surface area contributed by atoms with Crippen LogP contribution in [0.25, 0.3) is 0 Å². The quantitative estimate of drug-likeness (QED) is 0.541. The van der Waals surface area contributed by atoms with Gasteiger partial charge in [0.1, 0.15) is 18.0 Å². The van der Waals surface area contributed by atoms with Crippen molar-refractivity contribution < 1.29 is 14.3 Å². The maximum atomic E-state index is 12.0. The lowest BCUT2D eigenvalue weighted by Crippen LogP contribution is -2.48. The fourth-order valence-corrected chi connectivity index (χ4v) is 2.83. The van der Waals surface area contributed by atoms with Crippen molar-refractivity contribution in [2.75, 3.05) is 34.3 Å². The van der Waals surface area contributed by atoms with Gasteiger partial charge in [-0.15, -0.1) is 0 Å². The second-order valence-electron chi connectivity index (χ2n) is 7.84. The smallest absolute Gasteiger partial charge is 0.410 e. The average molecular weight is 396 g/mol. The summed E-state index contributed by atoms with van der Waals surface area (Å²) in [6.45, 7) is 7.78. The molecule has 0 saturated carbocycles. The van der Waals surface area contributed by atoms with Crippen LogP contribution in [0.1, 0.15) is 38.8 Å². The number of aromatic nitrogens is 3. The van der Waals surface area contributed by atoms with Crippen LogP contribution < -0.4 is 10.6 Å². The van der Waals surface area contributed by atoms with Gasteiger partial charge in [-0.2, -0.15) is 5.10 Å². The largest absolute Gasteiger partial charge is 0.444 e. The summed E-state index contributed by atoms with van der Waals surface area (Å²) >= 11 is 0. The minimum atomic E-state index is -0.499. The van der Waals surface area contributed by atoms with Gasteiger partial charge in [-0.25, -0.2) is 14.5 Å². The summed E-state index contributed by atoms with van der Waals surface area (Å²) in [5.41, 5.74) is -0.499. The molecule has 158 valence electrons. The molecule has 1 aromatic rings. The number of hydrogen-bond donors (Lipinski definition) is 2. The van der Waals surface area contributed by atoms with E-state index in [0.29, 0.717) is 31.5 Å². The van der Waals surface area contributed by atoms with Crippen molar-refractivity contribution in [3.63, 3.8) is 0 Å². The number of hydrogen-bond acceptors (Lipinski definition) is 6.